The predicted molar refractivity (Wildman–Crippen MR) is 83.9 cm³/mol. The number of rotatable bonds is 4. The number of thioether (sulfide) groups is 1. The third-order valence-corrected chi connectivity index (χ3v) is 6.09. The molecule has 2 aliphatic rings. The van der Waals surface area contributed by atoms with Crippen LogP contribution in [0.5, 0.6) is 0 Å². The second-order valence-electron chi connectivity index (χ2n) is 6.14. The molecule has 1 aromatic carbocycles. The van der Waals surface area contributed by atoms with E-state index in [0.29, 0.717) is 12.0 Å². The van der Waals surface area contributed by atoms with Gasteiger partial charge in [-0.2, -0.15) is 0 Å². The predicted octanol–water partition coefficient (Wildman–Crippen LogP) is 4.43. The van der Waals surface area contributed by atoms with E-state index in [9.17, 15) is 0 Å². The van der Waals surface area contributed by atoms with Gasteiger partial charge in [0.05, 0.1) is 0 Å². The second kappa shape index (κ2) is 6.32. The summed E-state index contributed by atoms with van der Waals surface area (Å²) in [6, 6.07) is 9.62. The molecule has 0 radical (unpaired) electrons. The topological polar surface area (TPSA) is 12.0 Å². The van der Waals surface area contributed by atoms with Crippen molar-refractivity contribution in [2.45, 2.75) is 55.9 Å². The lowest BCUT2D eigenvalue weighted by atomic mass is 9.84. The fraction of sp³-hybridized carbons (Fsp3) is 0.647. The quantitative estimate of drug-likeness (QED) is 0.872. The maximum absolute atomic E-state index is 3.82. The molecule has 1 fully saturated rings. The van der Waals surface area contributed by atoms with Crippen molar-refractivity contribution >= 4 is 11.8 Å². The highest BCUT2D eigenvalue weighted by Gasteiger charge is 2.25. The molecule has 0 saturated heterocycles. The molecule has 104 valence electrons. The Morgan fingerprint density at radius 3 is 2.84 bits per heavy atom. The van der Waals surface area contributed by atoms with Crippen molar-refractivity contribution < 1.29 is 0 Å². The van der Waals surface area contributed by atoms with Crippen molar-refractivity contribution in [1.29, 1.82) is 0 Å². The van der Waals surface area contributed by atoms with E-state index in [4.69, 9.17) is 0 Å². The second-order valence-corrected chi connectivity index (χ2v) is 7.20. The van der Waals surface area contributed by atoms with Gasteiger partial charge in [-0.3, -0.25) is 0 Å². The molecule has 0 spiro atoms. The maximum atomic E-state index is 3.82. The van der Waals surface area contributed by atoms with Gasteiger partial charge in [-0.1, -0.05) is 37.5 Å². The van der Waals surface area contributed by atoms with Gasteiger partial charge in [0.25, 0.3) is 0 Å². The number of fused-ring (bicyclic) bond motifs is 1. The van der Waals surface area contributed by atoms with Crippen molar-refractivity contribution in [3.63, 3.8) is 0 Å². The number of benzene rings is 1. The molecule has 1 heterocycles. The minimum Gasteiger partial charge on any atom is -0.313 e. The largest absolute Gasteiger partial charge is 0.313 e. The van der Waals surface area contributed by atoms with Crippen LogP contribution in [0, 0.1) is 5.92 Å². The summed E-state index contributed by atoms with van der Waals surface area (Å²) in [4.78, 5) is 1.50. The van der Waals surface area contributed by atoms with Gasteiger partial charge in [0.1, 0.15) is 0 Å². The van der Waals surface area contributed by atoms with Gasteiger partial charge < -0.3 is 5.32 Å². The normalized spacial score (nSPS) is 25.2. The zero-order valence-corrected chi connectivity index (χ0v) is 12.7. The highest BCUT2D eigenvalue weighted by atomic mass is 32.2. The van der Waals surface area contributed by atoms with Gasteiger partial charge in [0.15, 0.2) is 0 Å². The third kappa shape index (κ3) is 3.17. The maximum Gasteiger partial charge on any atom is 0.0108 e. The lowest BCUT2D eigenvalue weighted by molar-refractivity contribution is 0.280. The Morgan fingerprint density at radius 1 is 1.21 bits per heavy atom. The van der Waals surface area contributed by atoms with Crippen LogP contribution in [0.15, 0.2) is 29.2 Å². The van der Waals surface area contributed by atoms with Crippen molar-refractivity contribution in [2.24, 2.45) is 5.92 Å². The van der Waals surface area contributed by atoms with Crippen molar-refractivity contribution in [1.82, 2.24) is 5.32 Å². The summed E-state index contributed by atoms with van der Waals surface area (Å²) in [7, 11) is 0. The van der Waals surface area contributed by atoms with E-state index in [0.717, 1.165) is 12.5 Å². The molecule has 1 aliphatic carbocycles. The SMILES string of the molecule is C[C@H](NCC1CSc2ccccc21)C1CCCCC1. The Kier molecular flexibility index (Phi) is 4.49. The minimum absolute atomic E-state index is 0.693. The fourth-order valence-corrected chi connectivity index (χ4v) is 4.78. The molecule has 0 bridgehead atoms. The molecule has 1 nitrogen and oxygen atoms in total. The summed E-state index contributed by atoms with van der Waals surface area (Å²) in [6.07, 6.45) is 7.21. The van der Waals surface area contributed by atoms with Crippen LogP contribution in [-0.2, 0) is 0 Å². The van der Waals surface area contributed by atoms with Crippen LogP contribution in [0.4, 0.5) is 0 Å². The fourth-order valence-electron chi connectivity index (χ4n) is 3.53. The van der Waals surface area contributed by atoms with Crippen LogP contribution in [0.25, 0.3) is 0 Å². The minimum atomic E-state index is 0.693. The summed E-state index contributed by atoms with van der Waals surface area (Å²) < 4.78 is 0. The smallest absolute Gasteiger partial charge is 0.0108 e. The van der Waals surface area contributed by atoms with Gasteiger partial charge in [-0.15, -0.1) is 11.8 Å². The molecular weight excluding hydrogens is 250 g/mol. The lowest BCUT2D eigenvalue weighted by Gasteiger charge is -2.29. The Balaban J connectivity index is 1.52. The molecule has 1 aromatic rings. The zero-order valence-electron chi connectivity index (χ0n) is 11.9. The van der Waals surface area contributed by atoms with Crippen LogP contribution >= 0.6 is 11.8 Å². The van der Waals surface area contributed by atoms with Crippen molar-refractivity contribution in [3.05, 3.63) is 29.8 Å². The standard InChI is InChI=1S/C17H25NS/c1-13(14-7-3-2-4-8-14)18-11-15-12-19-17-10-6-5-9-16(15)17/h5-6,9-10,13-15,18H,2-4,7-8,11-12H2,1H3/t13-,15?/m0/s1. The molecular formula is C17H25NS. The van der Waals surface area contributed by atoms with E-state index >= 15 is 0 Å². The first kappa shape index (κ1) is 13.5. The Labute approximate surface area is 121 Å². The van der Waals surface area contributed by atoms with Gasteiger partial charge >= 0.3 is 0 Å². The first-order valence-electron chi connectivity index (χ1n) is 7.79. The van der Waals surface area contributed by atoms with E-state index in [2.05, 4.69) is 36.5 Å². The van der Waals surface area contributed by atoms with Gasteiger partial charge in [0, 0.05) is 29.2 Å². The summed E-state index contributed by atoms with van der Waals surface area (Å²) in [5.41, 5.74) is 1.57. The van der Waals surface area contributed by atoms with Gasteiger partial charge in [-0.25, -0.2) is 0 Å². The monoisotopic (exact) mass is 275 g/mol. The summed E-state index contributed by atoms with van der Waals surface area (Å²) in [5, 5.41) is 3.82. The highest BCUT2D eigenvalue weighted by Crippen LogP contribution is 2.39. The van der Waals surface area contributed by atoms with Crippen LogP contribution in [0.1, 0.15) is 50.5 Å². The first-order chi connectivity index (χ1) is 9.34. The first-order valence-corrected chi connectivity index (χ1v) is 8.78. The van der Waals surface area contributed by atoms with Crippen molar-refractivity contribution in [2.75, 3.05) is 12.3 Å². The Bertz CT molecular complexity index is 411. The van der Waals surface area contributed by atoms with Crippen LogP contribution < -0.4 is 5.32 Å². The van der Waals surface area contributed by atoms with Gasteiger partial charge in [0.2, 0.25) is 0 Å². The summed E-state index contributed by atoms with van der Waals surface area (Å²) in [6.45, 7) is 3.55. The Hall–Kier alpha value is -0.470. The van der Waals surface area contributed by atoms with E-state index in [1.54, 1.807) is 5.56 Å². The van der Waals surface area contributed by atoms with E-state index in [1.807, 2.05) is 11.8 Å². The average Bonchev–Trinajstić information content (AvgIpc) is 2.89. The molecule has 0 aromatic heterocycles. The summed E-state index contributed by atoms with van der Waals surface area (Å²) >= 11 is 2.02. The number of hydrogen-bond acceptors (Lipinski definition) is 2. The van der Waals surface area contributed by atoms with Gasteiger partial charge in [-0.05, 0) is 37.3 Å². The average molecular weight is 275 g/mol. The molecule has 2 heteroatoms. The highest BCUT2D eigenvalue weighted by molar-refractivity contribution is 7.99. The van der Waals surface area contributed by atoms with Crippen LogP contribution in [-0.4, -0.2) is 18.3 Å². The number of hydrogen-bond donors (Lipinski definition) is 1. The molecule has 19 heavy (non-hydrogen) atoms. The van der Waals surface area contributed by atoms with Crippen molar-refractivity contribution in [3.8, 4) is 0 Å². The summed E-state index contributed by atoms with van der Waals surface area (Å²) in [5.74, 6) is 2.88. The molecule has 0 amide bonds. The zero-order chi connectivity index (χ0) is 13.1. The van der Waals surface area contributed by atoms with E-state index in [-0.39, 0.29) is 0 Å². The third-order valence-electron chi connectivity index (χ3n) is 4.84. The van der Waals surface area contributed by atoms with E-state index < -0.39 is 0 Å². The van der Waals surface area contributed by atoms with Crippen LogP contribution in [0.3, 0.4) is 0 Å². The molecule has 1 aliphatic heterocycles. The van der Waals surface area contributed by atoms with E-state index in [1.165, 1.54) is 42.8 Å². The van der Waals surface area contributed by atoms with Crippen LogP contribution in [0.2, 0.25) is 0 Å². The lowest BCUT2D eigenvalue weighted by Crippen LogP contribution is -2.37. The molecule has 1 N–H and O–H groups in total. The Morgan fingerprint density at radius 2 is 2.00 bits per heavy atom. The molecule has 3 rings (SSSR count). The number of nitrogens with one attached hydrogen (secondary N) is 1. The molecule has 1 saturated carbocycles. The molecule has 1 unspecified atom stereocenters. The molecule has 2 atom stereocenters.